The van der Waals surface area contributed by atoms with Crippen molar-refractivity contribution in [2.75, 3.05) is 0 Å². The van der Waals surface area contributed by atoms with Gasteiger partial charge in [0.05, 0.1) is 11.8 Å². The predicted octanol–water partition coefficient (Wildman–Crippen LogP) is 4.41. The van der Waals surface area contributed by atoms with E-state index in [1.807, 2.05) is 26.0 Å². The van der Waals surface area contributed by atoms with Gasteiger partial charge in [0, 0.05) is 0 Å². The number of ether oxygens (including phenoxy) is 1. The lowest BCUT2D eigenvalue weighted by molar-refractivity contribution is 0.104. The molecule has 112 valence electrons. The van der Waals surface area contributed by atoms with E-state index in [0.29, 0.717) is 17.1 Å². The van der Waals surface area contributed by atoms with Gasteiger partial charge in [-0.3, -0.25) is 0 Å². The minimum atomic E-state index is -0.503. The summed E-state index contributed by atoms with van der Waals surface area (Å²) >= 11 is 0. The van der Waals surface area contributed by atoms with Crippen LogP contribution in [0.3, 0.4) is 0 Å². The van der Waals surface area contributed by atoms with Crippen molar-refractivity contribution in [1.82, 2.24) is 5.16 Å². The summed E-state index contributed by atoms with van der Waals surface area (Å²) in [6.45, 7) is 6.14. The van der Waals surface area contributed by atoms with Gasteiger partial charge in [0.15, 0.2) is 5.76 Å². The van der Waals surface area contributed by atoms with Gasteiger partial charge < -0.3 is 14.4 Å². The molecule has 0 radical (unpaired) electrons. The lowest BCUT2D eigenvalue weighted by Gasteiger charge is -2.31. The molecule has 0 bridgehead atoms. The maximum Gasteiger partial charge on any atom is 0.181 e. The second-order valence-electron chi connectivity index (χ2n) is 6.13. The summed E-state index contributed by atoms with van der Waals surface area (Å²) in [7, 11) is 0. The summed E-state index contributed by atoms with van der Waals surface area (Å²) in [6, 6.07) is 3.82. The van der Waals surface area contributed by atoms with E-state index in [2.05, 4.69) is 12.1 Å². The van der Waals surface area contributed by atoms with Gasteiger partial charge >= 0.3 is 0 Å². The standard InChI is InChI=1S/C17H21NO3/c1-4-5-6-7-11-8-13(19)15-14(9-11)20-17(2,3)12-10-18-21-16(12)15/h8-10,19H,4-7H2,1-3H3. The second kappa shape index (κ2) is 5.10. The Labute approximate surface area is 124 Å². The number of aromatic nitrogens is 1. The number of benzene rings is 1. The van der Waals surface area contributed by atoms with Crippen LogP contribution in [0.5, 0.6) is 11.5 Å². The SMILES string of the molecule is CCCCCc1cc(O)c2c(c1)OC(C)(C)c1cnoc1-2. The Morgan fingerprint density at radius 1 is 1.24 bits per heavy atom. The molecule has 3 rings (SSSR count). The number of phenolic OH excluding ortho intramolecular Hbond substituents is 1. The predicted molar refractivity (Wildman–Crippen MR) is 80.5 cm³/mol. The maximum atomic E-state index is 10.4. The molecule has 0 spiro atoms. The van der Waals surface area contributed by atoms with Crippen molar-refractivity contribution in [3.05, 3.63) is 29.5 Å². The van der Waals surface area contributed by atoms with Crippen LogP contribution in [0.25, 0.3) is 11.3 Å². The molecule has 0 amide bonds. The Morgan fingerprint density at radius 3 is 2.81 bits per heavy atom. The second-order valence-corrected chi connectivity index (χ2v) is 6.13. The van der Waals surface area contributed by atoms with E-state index in [-0.39, 0.29) is 5.75 Å². The molecule has 0 saturated heterocycles. The third kappa shape index (κ3) is 2.39. The van der Waals surface area contributed by atoms with Gasteiger partial charge in [-0.25, -0.2) is 0 Å². The van der Waals surface area contributed by atoms with Crippen LogP contribution in [0.4, 0.5) is 0 Å². The summed E-state index contributed by atoms with van der Waals surface area (Å²) in [4.78, 5) is 0. The van der Waals surface area contributed by atoms with Crippen molar-refractivity contribution < 1.29 is 14.4 Å². The number of phenols is 1. The lowest BCUT2D eigenvalue weighted by atomic mass is 9.91. The number of unbranched alkanes of at least 4 members (excludes halogenated alkanes) is 2. The fraction of sp³-hybridized carbons (Fsp3) is 0.471. The molecule has 1 N–H and O–H groups in total. The van der Waals surface area contributed by atoms with Crippen molar-refractivity contribution in [2.24, 2.45) is 0 Å². The number of fused-ring (bicyclic) bond motifs is 3. The normalized spacial score (nSPS) is 15.2. The topological polar surface area (TPSA) is 55.5 Å². The molecular weight excluding hydrogens is 266 g/mol. The highest BCUT2D eigenvalue weighted by atomic mass is 16.5. The molecule has 1 aromatic carbocycles. The number of aryl methyl sites for hydroxylation is 1. The smallest absolute Gasteiger partial charge is 0.181 e. The van der Waals surface area contributed by atoms with E-state index in [1.54, 1.807) is 6.20 Å². The molecular formula is C17H21NO3. The Balaban J connectivity index is 2.02. The Bertz CT molecular complexity index is 658. The first-order valence-electron chi connectivity index (χ1n) is 7.53. The lowest BCUT2D eigenvalue weighted by Crippen LogP contribution is -2.28. The minimum Gasteiger partial charge on any atom is -0.507 e. The first-order chi connectivity index (χ1) is 10.0. The van der Waals surface area contributed by atoms with Gasteiger partial charge in [0.25, 0.3) is 0 Å². The molecule has 1 aliphatic rings. The molecule has 0 aliphatic carbocycles. The third-order valence-electron chi connectivity index (χ3n) is 4.02. The van der Waals surface area contributed by atoms with Crippen molar-refractivity contribution in [3.8, 4) is 22.8 Å². The van der Waals surface area contributed by atoms with Crippen molar-refractivity contribution in [2.45, 2.75) is 52.1 Å². The summed E-state index contributed by atoms with van der Waals surface area (Å²) in [5.41, 5.74) is 2.07. The molecule has 4 nitrogen and oxygen atoms in total. The zero-order valence-electron chi connectivity index (χ0n) is 12.8. The van der Waals surface area contributed by atoms with E-state index in [9.17, 15) is 5.11 Å². The largest absolute Gasteiger partial charge is 0.507 e. The molecule has 1 aromatic heterocycles. The van der Waals surface area contributed by atoms with Crippen LogP contribution in [-0.2, 0) is 12.0 Å². The summed E-state index contributed by atoms with van der Waals surface area (Å²) in [5.74, 6) is 1.49. The van der Waals surface area contributed by atoms with E-state index in [1.165, 1.54) is 12.8 Å². The first-order valence-corrected chi connectivity index (χ1v) is 7.53. The van der Waals surface area contributed by atoms with Gasteiger partial charge in [-0.1, -0.05) is 24.9 Å². The number of rotatable bonds is 4. The minimum absolute atomic E-state index is 0.201. The van der Waals surface area contributed by atoms with Gasteiger partial charge in [-0.05, 0) is 44.4 Å². The molecule has 0 atom stereocenters. The Kier molecular flexibility index (Phi) is 3.40. The van der Waals surface area contributed by atoms with E-state index < -0.39 is 5.60 Å². The van der Waals surface area contributed by atoms with Crippen LogP contribution in [0.2, 0.25) is 0 Å². The third-order valence-corrected chi connectivity index (χ3v) is 4.02. The average Bonchev–Trinajstić information content (AvgIpc) is 2.88. The van der Waals surface area contributed by atoms with Crippen LogP contribution >= 0.6 is 0 Å². The first kappa shape index (κ1) is 14.0. The highest BCUT2D eigenvalue weighted by Gasteiger charge is 2.37. The Hall–Kier alpha value is -1.97. The van der Waals surface area contributed by atoms with Crippen LogP contribution in [-0.4, -0.2) is 10.3 Å². The van der Waals surface area contributed by atoms with Gasteiger partial charge in [0.2, 0.25) is 0 Å². The van der Waals surface area contributed by atoms with Crippen molar-refractivity contribution >= 4 is 0 Å². The quantitative estimate of drug-likeness (QED) is 0.846. The zero-order chi connectivity index (χ0) is 15.0. The van der Waals surface area contributed by atoms with Crippen LogP contribution < -0.4 is 4.74 Å². The molecule has 2 aromatic rings. The molecule has 4 heteroatoms. The molecule has 0 unspecified atom stereocenters. The highest BCUT2D eigenvalue weighted by Crippen LogP contribution is 2.49. The van der Waals surface area contributed by atoms with Crippen LogP contribution in [0.15, 0.2) is 22.9 Å². The highest BCUT2D eigenvalue weighted by molar-refractivity contribution is 5.77. The summed E-state index contributed by atoms with van der Waals surface area (Å²) < 4.78 is 11.4. The maximum absolute atomic E-state index is 10.4. The fourth-order valence-electron chi connectivity index (χ4n) is 2.87. The molecule has 21 heavy (non-hydrogen) atoms. The van der Waals surface area contributed by atoms with Crippen LogP contribution in [0.1, 0.15) is 51.2 Å². The monoisotopic (exact) mass is 287 g/mol. The van der Waals surface area contributed by atoms with E-state index >= 15 is 0 Å². The average molecular weight is 287 g/mol. The molecule has 1 aliphatic heterocycles. The van der Waals surface area contributed by atoms with Crippen LogP contribution in [0, 0.1) is 0 Å². The van der Waals surface area contributed by atoms with E-state index in [0.717, 1.165) is 24.0 Å². The number of nitrogens with zero attached hydrogens (tertiary/aromatic N) is 1. The van der Waals surface area contributed by atoms with Crippen molar-refractivity contribution in [1.29, 1.82) is 0 Å². The molecule has 0 saturated carbocycles. The summed E-state index contributed by atoms with van der Waals surface area (Å²) in [6.07, 6.45) is 6.10. The molecule has 0 fully saturated rings. The zero-order valence-corrected chi connectivity index (χ0v) is 12.8. The van der Waals surface area contributed by atoms with Crippen molar-refractivity contribution in [3.63, 3.8) is 0 Å². The summed E-state index contributed by atoms with van der Waals surface area (Å²) in [5, 5.41) is 14.2. The Morgan fingerprint density at radius 2 is 2.05 bits per heavy atom. The van der Waals surface area contributed by atoms with Gasteiger partial charge in [-0.15, -0.1) is 0 Å². The fourth-order valence-corrected chi connectivity index (χ4v) is 2.87. The van der Waals surface area contributed by atoms with Gasteiger partial charge in [-0.2, -0.15) is 0 Å². The van der Waals surface area contributed by atoms with E-state index in [4.69, 9.17) is 9.26 Å². The number of aromatic hydroxyl groups is 1. The van der Waals surface area contributed by atoms with Gasteiger partial charge in [0.1, 0.15) is 22.7 Å². The molecule has 2 heterocycles. The number of hydrogen-bond donors (Lipinski definition) is 1. The number of hydrogen-bond acceptors (Lipinski definition) is 4.